The molecule has 0 aliphatic heterocycles. The van der Waals surface area contributed by atoms with Gasteiger partial charge in [0.15, 0.2) is 0 Å². The highest BCUT2D eigenvalue weighted by molar-refractivity contribution is 6.32. The molecule has 0 aliphatic carbocycles. The summed E-state index contributed by atoms with van der Waals surface area (Å²) < 4.78 is 23.8. The zero-order valence-electron chi connectivity index (χ0n) is 12.9. The average molecular weight is 339 g/mol. The number of anilines is 2. The van der Waals surface area contributed by atoms with Gasteiger partial charge in [0.05, 0.1) is 24.9 Å². The van der Waals surface area contributed by atoms with Gasteiger partial charge in [0.1, 0.15) is 17.3 Å². The van der Waals surface area contributed by atoms with E-state index in [1.807, 2.05) is 0 Å². The molecule has 0 aliphatic rings. The summed E-state index contributed by atoms with van der Waals surface area (Å²) >= 11 is 6.01. The van der Waals surface area contributed by atoms with Crippen LogP contribution in [0.5, 0.6) is 11.5 Å². The Kier molecular flexibility index (Phi) is 5.28. The van der Waals surface area contributed by atoms with Gasteiger partial charge < -0.3 is 20.1 Å². The fourth-order valence-electron chi connectivity index (χ4n) is 1.98. The number of urea groups is 1. The van der Waals surface area contributed by atoms with Gasteiger partial charge in [-0.2, -0.15) is 0 Å². The van der Waals surface area contributed by atoms with E-state index < -0.39 is 11.8 Å². The Bertz CT molecular complexity index is 738. The largest absolute Gasteiger partial charge is 0.495 e. The Hall–Kier alpha value is -2.47. The van der Waals surface area contributed by atoms with Gasteiger partial charge in [0.2, 0.25) is 0 Å². The third kappa shape index (κ3) is 3.84. The lowest BCUT2D eigenvalue weighted by Crippen LogP contribution is -2.20. The van der Waals surface area contributed by atoms with Crippen molar-refractivity contribution in [2.24, 2.45) is 0 Å². The highest BCUT2D eigenvalue weighted by atomic mass is 35.5. The molecular weight excluding hydrogens is 323 g/mol. The molecule has 0 bridgehead atoms. The van der Waals surface area contributed by atoms with E-state index in [-0.39, 0.29) is 0 Å². The number of halogens is 2. The Morgan fingerprint density at radius 3 is 2.39 bits per heavy atom. The molecule has 0 heterocycles. The normalized spacial score (nSPS) is 10.1. The molecule has 5 nitrogen and oxygen atoms in total. The summed E-state index contributed by atoms with van der Waals surface area (Å²) in [5, 5.41) is 5.56. The molecule has 2 N–H and O–H groups in total. The van der Waals surface area contributed by atoms with Crippen LogP contribution in [0.2, 0.25) is 5.02 Å². The fourth-order valence-corrected chi connectivity index (χ4v) is 2.21. The first-order chi connectivity index (χ1) is 11.0. The molecule has 2 aromatic carbocycles. The summed E-state index contributed by atoms with van der Waals surface area (Å²) in [5.74, 6) is 0.375. The van der Waals surface area contributed by atoms with E-state index >= 15 is 0 Å². The molecule has 0 radical (unpaired) electrons. The quantitative estimate of drug-likeness (QED) is 0.866. The summed E-state index contributed by atoms with van der Waals surface area (Å²) in [7, 11) is 2.92. The van der Waals surface area contributed by atoms with Gasteiger partial charge in [0, 0.05) is 23.4 Å². The first-order valence-corrected chi connectivity index (χ1v) is 7.08. The van der Waals surface area contributed by atoms with Crippen LogP contribution in [0, 0.1) is 12.7 Å². The molecule has 2 amide bonds. The Balaban J connectivity index is 2.21. The predicted octanol–water partition coefficient (Wildman–Crippen LogP) is 4.45. The number of ether oxygens (including phenoxy) is 2. The van der Waals surface area contributed by atoms with Gasteiger partial charge in [-0.15, -0.1) is 0 Å². The molecular formula is C16H16ClFN2O3. The first kappa shape index (κ1) is 16.9. The molecule has 0 unspecified atom stereocenters. The number of hydrogen-bond donors (Lipinski definition) is 2. The second-order valence-corrected chi connectivity index (χ2v) is 5.09. The molecule has 0 atom stereocenters. The summed E-state index contributed by atoms with van der Waals surface area (Å²) in [6.07, 6.45) is 0. The first-order valence-electron chi connectivity index (χ1n) is 6.71. The van der Waals surface area contributed by atoms with Gasteiger partial charge in [-0.1, -0.05) is 17.7 Å². The summed E-state index contributed by atoms with van der Waals surface area (Å²) in [5.41, 5.74) is 1.10. The van der Waals surface area contributed by atoms with E-state index in [2.05, 4.69) is 10.6 Å². The molecule has 0 aromatic heterocycles. The van der Waals surface area contributed by atoms with Crippen molar-refractivity contribution >= 4 is 29.0 Å². The van der Waals surface area contributed by atoms with Gasteiger partial charge in [-0.25, -0.2) is 9.18 Å². The minimum absolute atomic E-state index is 0.350. The van der Waals surface area contributed by atoms with Gasteiger partial charge in [-0.3, -0.25) is 0 Å². The van der Waals surface area contributed by atoms with Crippen molar-refractivity contribution in [1.82, 2.24) is 0 Å². The van der Waals surface area contributed by atoms with Gasteiger partial charge in [0.25, 0.3) is 0 Å². The maximum Gasteiger partial charge on any atom is 0.323 e. The van der Waals surface area contributed by atoms with Crippen molar-refractivity contribution in [3.63, 3.8) is 0 Å². The number of hydrogen-bond acceptors (Lipinski definition) is 3. The zero-order chi connectivity index (χ0) is 17.0. The van der Waals surface area contributed by atoms with Crippen molar-refractivity contribution in [3.8, 4) is 11.5 Å². The third-order valence-electron chi connectivity index (χ3n) is 3.24. The number of nitrogens with one attached hydrogen (secondary N) is 2. The second-order valence-electron chi connectivity index (χ2n) is 4.68. The number of rotatable bonds is 4. The van der Waals surface area contributed by atoms with Crippen molar-refractivity contribution < 1.29 is 18.7 Å². The lowest BCUT2D eigenvalue weighted by molar-refractivity contribution is 0.262. The minimum atomic E-state index is -0.540. The number of carbonyl (C=O) groups is 1. The Morgan fingerprint density at radius 2 is 1.74 bits per heavy atom. The average Bonchev–Trinajstić information content (AvgIpc) is 2.53. The Labute approximate surface area is 138 Å². The summed E-state index contributed by atoms with van der Waals surface area (Å²) in [4.78, 5) is 12.1. The zero-order valence-corrected chi connectivity index (χ0v) is 13.6. The molecule has 23 heavy (non-hydrogen) atoms. The predicted molar refractivity (Wildman–Crippen MR) is 88.3 cm³/mol. The van der Waals surface area contributed by atoms with Crippen LogP contribution in [-0.4, -0.2) is 20.3 Å². The lowest BCUT2D eigenvalue weighted by atomic mass is 10.2. The minimum Gasteiger partial charge on any atom is -0.495 e. The maximum absolute atomic E-state index is 13.5. The van der Waals surface area contributed by atoms with Crippen LogP contribution in [0.25, 0.3) is 0 Å². The van der Waals surface area contributed by atoms with Crippen LogP contribution in [0.1, 0.15) is 5.56 Å². The molecule has 0 spiro atoms. The number of methoxy groups -OCH3 is 2. The van der Waals surface area contributed by atoms with Crippen LogP contribution < -0.4 is 20.1 Å². The van der Waals surface area contributed by atoms with Crippen molar-refractivity contribution in [2.45, 2.75) is 6.92 Å². The fraction of sp³-hybridized carbons (Fsp3) is 0.188. The molecule has 0 saturated carbocycles. The van der Waals surface area contributed by atoms with Crippen molar-refractivity contribution in [3.05, 3.63) is 46.7 Å². The summed E-state index contributed by atoms with van der Waals surface area (Å²) in [6.45, 7) is 1.58. The van der Waals surface area contributed by atoms with Gasteiger partial charge in [-0.05, 0) is 19.1 Å². The van der Waals surface area contributed by atoms with Crippen LogP contribution in [0.3, 0.4) is 0 Å². The molecule has 2 aromatic rings. The van der Waals surface area contributed by atoms with Gasteiger partial charge >= 0.3 is 6.03 Å². The SMILES string of the molecule is COc1cc(NC(=O)Nc2cccc(F)c2C)c(OC)cc1Cl. The standard InChI is InChI=1S/C16H16ClFN2O3/c1-9-11(18)5-4-6-12(9)19-16(21)20-13-8-14(22-2)10(17)7-15(13)23-3/h4-8H,1-3H3,(H2,19,20,21). The summed E-state index contributed by atoms with van der Waals surface area (Å²) in [6, 6.07) is 6.98. The van der Waals surface area contributed by atoms with Crippen LogP contribution in [0.15, 0.2) is 30.3 Å². The smallest absolute Gasteiger partial charge is 0.323 e. The van der Waals surface area contributed by atoms with E-state index in [9.17, 15) is 9.18 Å². The van der Waals surface area contributed by atoms with Crippen molar-refractivity contribution in [2.75, 3.05) is 24.9 Å². The highest BCUT2D eigenvalue weighted by Crippen LogP contribution is 2.35. The molecule has 0 fully saturated rings. The van der Waals surface area contributed by atoms with E-state index in [1.54, 1.807) is 19.1 Å². The second kappa shape index (κ2) is 7.19. The van der Waals surface area contributed by atoms with Crippen molar-refractivity contribution in [1.29, 1.82) is 0 Å². The number of benzene rings is 2. The Morgan fingerprint density at radius 1 is 1.09 bits per heavy atom. The van der Waals surface area contributed by atoms with Crippen LogP contribution >= 0.6 is 11.6 Å². The number of amides is 2. The maximum atomic E-state index is 13.5. The van der Waals surface area contributed by atoms with E-state index in [0.29, 0.717) is 33.5 Å². The van der Waals surface area contributed by atoms with E-state index in [0.717, 1.165) is 0 Å². The molecule has 2 rings (SSSR count). The monoisotopic (exact) mass is 338 g/mol. The highest BCUT2D eigenvalue weighted by Gasteiger charge is 2.13. The molecule has 7 heteroatoms. The lowest BCUT2D eigenvalue weighted by Gasteiger charge is -2.14. The third-order valence-corrected chi connectivity index (χ3v) is 3.53. The topological polar surface area (TPSA) is 59.6 Å². The van der Waals surface area contributed by atoms with Crippen LogP contribution in [-0.2, 0) is 0 Å². The van der Waals surface area contributed by atoms with E-state index in [1.165, 1.54) is 32.4 Å². The molecule has 0 saturated heterocycles. The number of carbonyl (C=O) groups excluding carboxylic acids is 1. The van der Waals surface area contributed by atoms with E-state index in [4.69, 9.17) is 21.1 Å². The van der Waals surface area contributed by atoms with Crippen LogP contribution in [0.4, 0.5) is 20.6 Å². The molecule has 122 valence electrons.